The predicted octanol–water partition coefficient (Wildman–Crippen LogP) is 4.70. The molecule has 0 saturated carbocycles. The number of ether oxygens (including phenoxy) is 1. The number of hydrogen-bond acceptors (Lipinski definition) is 4. The topological polar surface area (TPSA) is 76.7 Å². The van der Waals surface area contributed by atoms with Gasteiger partial charge in [0.15, 0.2) is 5.43 Å². The molecule has 0 bridgehead atoms. The molecule has 5 nitrogen and oxygen atoms in total. The van der Waals surface area contributed by atoms with Gasteiger partial charge in [-0.05, 0) is 36.6 Å². The van der Waals surface area contributed by atoms with Gasteiger partial charge in [0, 0.05) is 17.9 Å². The first-order chi connectivity index (χ1) is 13.6. The lowest BCUT2D eigenvalue weighted by Crippen LogP contribution is -2.29. The largest absolute Gasteiger partial charge is 0.493 e. The summed E-state index contributed by atoms with van der Waals surface area (Å²) in [6.07, 6.45) is 2.66. The number of aromatic carboxylic acids is 1. The standard InChI is InChI=1S/C23H18O5/c24-21-16-11-14(23(25)26)9-10-17(16)28-22-19-15(20(21)22)7-4-8-18(19)27-12-13-5-2-1-3-6-13/h1-3,5-6,9-11,15H,4,7-8,12H2,(H,25,26). The summed E-state index contributed by atoms with van der Waals surface area (Å²) in [7, 11) is 0. The third-order valence-electron chi connectivity index (χ3n) is 5.57. The molecule has 3 aromatic rings. The van der Waals surface area contributed by atoms with Crippen molar-refractivity contribution in [3.8, 4) is 0 Å². The van der Waals surface area contributed by atoms with Gasteiger partial charge in [0.1, 0.15) is 23.7 Å². The molecular formula is C23H18O5. The number of carboxylic acid groups (broad SMARTS) is 1. The predicted molar refractivity (Wildman–Crippen MR) is 104 cm³/mol. The monoisotopic (exact) mass is 374 g/mol. The van der Waals surface area contributed by atoms with Crippen LogP contribution in [0.4, 0.5) is 0 Å². The van der Waals surface area contributed by atoms with Crippen LogP contribution in [0.15, 0.2) is 63.5 Å². The average molecular weight is 374 g/mol. The van der Waals surface area contributed by atoms with Gasteiger partial charge in [-0.1, -0.05) is 30.3 Å². The summed E-state index contributed by atoms with van der Waals surface area (Å²) in [4.78, 5) is 24.2. The van der Waals surface area contributed by atoms with Crippen LogP contribution in [-0.4, -0.2) is 11.1 Å². The summed E-state index contributed by atoms with van der Waals surface area (Å²) < 4.78 is 12.1. The van der Waals surface area contributed by atoms with Gasteiger partial charge in [0.05, 0.1) is 16.5 Å². The molecule has 1 unspecified atom stereocenters. The Kier molecular flexibility index (Phi) is 3.83. The first-order valence-corrected chi connectivity index (χ1v) is 9.37. The molecule has 1 heterocycles. The van der Waals surface area contributed by atoms with Crippen LogP contribution >= 0.6 is 0 Å². The molecule has 2 aliphatic rings. The lowest BCUT2D eigenvalue weighted by Gasteiger charge is -2.36. The van der Waals surface area contributed by atoms with E-state index in [1.165, 1.54) is 12.1 Å². The zero-order valence-corrected chi connectivity index (χ0v) is 15.1. The maximum atomic E-state index is 13.0. The molecule has 5 rings (SSSR count). The number of fused-ring (bicyclic) bond motifs is 5. The second kappa shape index (κ2) is 6.37. The van der Waals surface area contributed by atoms with Crippen molar-refractivity contribution >= 4 is 22.5 Å². The molecule has 28 heavy (non-hydrogen) atoms. The Balaban J connectivity index is 1.57. The number of hydrogen-bond donors (Lipinski definition) is 1. The van der Waals surface area contributed by atoms with E-state index in [1.54, 1.807) is 6.07 Å². The molecule has 0 spiro atoms. The summed E-state index contributed by atoms with van der Waals surface area (Å²) >= 11 is 0. The summed E-state index contributed by atoms with van der Waals surface area (Å²) in [6.45, 7) is 0.488. The molecule has 0 amide bonds. The van der Waals surface area contributed by atoms with Gasteiger partial charge in [0.2, 0.25) is 0 Å². The van der Waals surface area contributed by atoms with Gasteiger partial charge in [0.25, 0.3) is 0 Å². The van der Waals surface area contributed by atoms with Gasteiger partial charge >= 0.3 is 5.97 Å². The quantitative estimate of drug-likeness (QED) is 0.716. The Morgan fingerprint density at radius 2 is 2.00 bits per heavy atom. The van der Waals surface area contributed by atoms with Crippen LogP contribution in [0.5, 0.6) is 0 Å². The number of carbonyl (C=O) groups is 1. The van der Waals surface area contributed by atoms with Crippen molar-refractivity contribution in [2.24, 2.45) is 0 Å². The van der Waals surface area contributed by atoms with Crippen LogP contribution in [0.3, 0.4) is 0 Å². The Bertz CT molecular complexity index is 1190. The molecule has 0 radical (unpaired) electrons. The van der Waals surface area contributed by atoms with E-state index in [1.807, 2.05) is 30.3 Å². The van der Waals surface area contributed by atoms with E-state index in [4.69, 9.17) is 9.15 Å². The van der Waals surface area contributed by atoms with Gasteiger partial charge in [-0.2, -0.15) is 0 Å². The van der Waals surface area contributed by atoms with Crippen LogP contribution in [0.1, 0.15) is 52.4 Å². The molecule has 0 fully saturated rings. The molecular weight excluding hydrogens is 356 g/mol. The second-order valence-electron chi connectivity index (χ2n) is 7.25. The fourth-order valence-electron chi connectivity index (χ4n) is 4.19. The number of rotatable bonds is 4. The van der Waals surface area contributed by atoms with Crippen molar-refractivity contribution < 1.29 is 19.1 Å². The summed E-state index contributed by atoms with van der Waals surface area (Å²) in [5, 5.41) is 9.52. The lowest BCUT2D eigenvalue weighted by molar-refractivity contribution is 0.0697. The Labute approximate surface area is 160 Å². The highest BCUT2D eigenvalue weighted by Crippen LogP contribution is 2.53. The van der Waals surface area contributed by atoms with Crippen LogP contribution in [0.25, 0.3) is 16.5 Å². The summed E-state index contributed by atoms with van der Waals surface area (Å²) in [5.41, 5.74) is 3.12. The smallest absolute Gasteiger partial charge is 0.335 e. The Morgan fingerprint density at radius 1 is 1.18 bits per heavy atom. The minimum atomic E-state index is -1.06. The van der Waals surface area contributed by atoms with Crippen molar-refractivity contribution in [1.29, 1.82) is 0 Å². The van der Waals surface area contributed by atoms with E-state index in [9.17, 15) is 14.7 Å². The molecule has 0 aliphatic heterocycles. The van der Waals surface area contributed by atoms with Crippen LogP contribution in [0.2, 0.25) is 0 Å². The SMILES string of the molecule is O=C(O)c1ccc2oc3c(c(=O)c2c1)C1CCCC(OCc2ccccc2)=C31. The average Bonchev–Trinajstić information content (AvgIpc) is 2.71. The molecule has 1 aromatic heterocycles. The van der Waals surface area contributed by atoms with Crippen molar-refractivity contribution in [1.82, 2.24) is 0 Å². The molecule has 2 aromatic carbocycles. The van der Waals surface area contributed by atoms with Gasteiger partial charge in [-0.25, -0.2) is 4.79 Å². The molecule has 1 atom stereocenters. The highest BCUT2D eigenvalue weighted by atomic mass is 16.5. The zero-order valence-electron chi connectivity index (χ0n) is 15.1. The first-order valence-electron chi connectivity index (χ1n) is 9.37. The van der Waals surface area contributed by atoms with Gasteiger partial charge in [-0.15, -0.1) is 0 Å². The Hall–Kier alpha value is -3.34. The molecule has 1 N–H and O–H groups in total. The van der Waals surface area contributed by atoms with Crippen molar-refractivity contribution in [3.05, 3.63) is 87.0 Å². The van der Waals surface area contributed by atoms with Crippen LogP contribution < -0.4 is 5.43 Å². The normalized spacial score (nSPS) is 17.6. The number of allylic oxidation sites excluding steroid dienone is 2. The van der Waals surface area contributed by atoms with Crippen LogP contribution in [0, 0.1) is 0 Å². The van der Waals surface area contributed by atoms with E-state index in [0.29, 0.717) is 28.9 Å². The van der Waals surface area contributed by atoms with Crippen molar-refractivity contribution in [2.45, 2.75) is 31.8 Å². The third kappa shape index (κ3) is 2.54. The van der Waals surface area contributed by atoms with Crippen molar-refractivity contribution in [3.63, 3.8) is 0 Å². The van der Waals surface area contributed by atoms with E-state index < -0.39 is 5.97 Å². The number of benzene rings is 2. The fourth-order valence-corrected chi connectivity index (χ4v) is 4.19. The van der Waals surface area contributed by atoms with E-state index in [2.05, 4.69) is 0 Å². The van der Waals surface area contributed by atoms with Crippen LogP contribution in [-0.2, 0) is 11.3 Å². The molecule has 0 saturated heterocycles. The minimum absolute atomic E-state index is 0.0173. The highest BCUT2D eigenvalue weighted by molar-refractivity contribution is 5.94. The van der Waals surface area contributed by atoms with E-state index in [0.717, 1.165) is 36.2 Å². The fraction of sp³-hybridized carbons (Fsp3) is 0.217. The molecule has 2 aliphatic carbocycles. The summed E-state index contributed by atoms with van der Waals surface area (Å²) in [5.74, 6) is 0.466. The maximum absolute atomic E-state index is 13.0. The van der Waals surface area contributed by atoms with Crippen molar-refractivity contribution in [2.75, 3.05) is 0 Å². The first kappa shape index (κ1) is 16.8. The Morgan fingerprint density at radius 3 is 2.79 bits per heavy atom. The second-order valence-corrected chi connectivity index (χ2v) is 7.25. The third-order valence-corrected chi connectivity index (χ3v) is 5.57. The molecule has 5 heteroatoms. The molecule has 140 valence electrons. The highest BCUT2D eigenvalue weighted by Gasteiger charge is 2.42. The van der Waals surface area contributed by atoms with Gasteiger partial charge in [-0.3, -0.25) is 4.79 Å². The lowest BCUT2D eigenvalue weighted by atomic mass is 9.70. The zero-order chi connectivity index (χ0) is 19.3. The minimum Gasteiger partial charge on any atom is -0.493 e. The maximum Gasteiger partial charge on any atom is 0.335 e. The summed E-state index contributed by atoms with van der Waals surface area (Å²) in [6, 6.07) is 14.4. The van der Waals surface area contributed by atoms with E-state index in [-0.39, 0.29) is 16.9 Å². The van der Waals surface area contributed by atoms with Gasteiger partial charge < -0.3 is 14.3 Å². The number of carboxylic acids is 1. The van der Waals surface area contributed by atoms with E-state index >= 15 is 0 Å².